The van der Waals surface area contributed by atoms with Crippen molar-refractivity contribution < 1.29 is 4.74 Å². The van der Waals surface area contributed by atoms with Crippen LogP contribution in [0.2, 0.25) is 0 Å². The third-order valence-electron chi connectivity index (χ3n) is 3.79. The van der Waals surface area contributed by atoms with E-state index in [1.807, 2.05) is 0 Å². The van der Waals surface area contributed by atoms with Gasteiger partial charge in [0, 0.05) is 0 Å². The van der Waals surface area contributed by atoms with Crippen molar-refractivity contribution in [2.45, 2.75) is 90.3 Å². The van der Waals surface area contributed by atoms with Crippen LogP contribution in [0.5, 0.6) is 0 Å². The van der Waals surface area contributed by atoms with Gasteiger partial charge in [0.2, 0.25) is 0 Å². The molecule has 1 saturated heterocycles. The molecule has 0 N–H and O–H groups in total. The summed E-state index contributed by atoms with van der Waals surface area (Å²) in [6.07, 6.45) is 10.1. The highest BCUT2D eigenvalue weighted by Crippen LogP contribution is 2.59. The SMILES string of the molecule is CCCC1(CCC)OC1(CCC)CCC. The van der Waals surface area contributed by atoms with Crippen molar-refractivity contribution in [3.8, 4) is 0 Å². The van der Waals surface area contributed by atoms with Gasteiger partial charge in [-0.05, 0) is 25.7 Å². The van der Waals surface area contributed by atoms with Crippen molar-refractivity contribution in [2.75, 3.05) is 0 Å². The zero-order valence-corrected chi connectivity index (χ0v) is 11.1. The fraction of sp³-hybridized carbons (Fsp3) is 1.00. The summed E-state index contributed by atoms with van der Waals surface area (Å²) >= 11 is 0. The molecule has 90 valence electrons. The number of rotatable bonds is 8. The van der Waals surface area contributed by atoms with Crippen molar-refractivity contribution in [1.82, 2.24) is 0 Å². The molecular weight excluding hydrogens is 184 g/mol. The quantitative estimate of drug-likeness (QED) is 0.531. The molecule has 0 atom stereocenters. The Morgan fingerprint density at radius 3 is 1.07 bits per heavy atom. The van der Waals surface area contributed by atoms with Crippen LogP contribution < -0.4 is 0 Å². The van der Waals surface area contributed by atoms with Crippen LogP contribution in [0, 0.1) is 0 Å². The molecule has 0 aromatic heterocycles. The first kappa shape index (κ1) is 13.0. The Labute approximate surface area is 95.6 Å². The molecule has 1 rings (SSSR count). The van der Waals surface area contributed by atoms with E-state index in [0.717, 1.165) is 0 Å². The minimum absolute atomic E-state index is 0.266. The molecule has 0 spiro atoms. The minimum atomic E-state index is 0.266. The largest absolute Gasteiger partial charge is 0.363 e. The lowest BCUT2D eigenvalue weighted by Crippen LogP contribution is -2.26. The molecule has 1 aliphatic heterocycles. The fourth-order valence-corrected chi connectivity index (χ4v) is 3.33. The van der Waals surface area contributed by atoms with Gasteiger partial charge in [-0.15, -0.1) is 0 Å². The van der Waals surface area contributed by atoms with Crippen LogP contribution in [-0.2, 0) is 4.74 Å². The first-order valence-corrected chi connectivity index (χ1v) is 6.90. The highest BCUT2D eigenvalue weighted by atomic mass is 16.6. The highest BCUT2D eigenvalue weighted by molar-refractivity contribution is 5.14. The summed E-state index contributed by atoms with van der Waals surface area (Å²) in [5.41, 5.74) is 0.533. The summed E-state index contributed by atoms with van der Waals surface area (Å²) in [6.45, 7) is 9.12. The van der Waals surface area contributed by atoms with E-state index in [1.54, 1.807) is 0 Å². The maximum absolute atomic E-state index is 6.25. The first-order chi connectivity index (χ1) is 7.20. The lowest BCUT2D eigenvalue weighted by molar-refractivity contribution is 0.232. The number of hydrogen-bond acceptors (Lipinski definition) is 1. The second kappa shape index (κ2) is 5.34. The molecule has 1 nitrogen and oxygen atoms in total. The monoisotopic (exact) mass is 212 g/mol. The third kappa shape index (κ3) is 2.38. The predicted molar refractivity (Wildman–Crippen MR) is 66.2 cm³/mol. The smallest absolute Gasteiger partial charge is 0.0979 e. The second-order valence-electron chi connectivity index (χ2n) is 5.09. The van der Waals surface area contributed by atoms with Gasteiger partial charge < -0.3 is 4.74 Å². The normalized spacial score (nSPS) is 21.6. The van der Waals surface area contributed by atoms with Crippen molar-refractivity contribution in [2.24, 2.45) is 0 Å². The van der Waals surface area contributed by atoms with E-state index in [1.165, 1.54) is 51.4 Å². The van der Waals surface area contributed by atoms with Gasteiger partial charge in [0.1, 0.15) is 0 Å². The summed E-state index contributed by atoms with van der Waals surface area (Å²) in [7, 11) is 0. The number of hydrogen-bond donors (Lipinski definition) is 0. The maximum Gasteiger partial charge on any atom is 0.0979 e. The van der Waals surface area contributed by atoms with Crippen molar-refractivity contribution in [3.63, 3.8) is 0 Å². The van der Waals surface area contributed by atoms with Gasteiger partial charge in [-0.25, -0.2) is 0 Å². The van der Waals surface area contributed by atoms with E-state index in [0.29, 0.717) is 0 Å². The maximum atomic E-state index is 6.25. The molecule has 0 radical (unpaired) electrons. The van der Waals surface area contributed by atoms with Crippen LogP contribution in [0.25, 0.3) is 0 Å². The van der Waals surface area contributed by atoms with Crippen molar-refractivity contribution in [3.05, 3.63) is 0 Å². The van der Waals surface area contributed by atoms with Gasteiger partial charge in [-0.3, -0.25) is 0 Å². The average Bonchev–Trinajstić information content (AvgIpc) is 2.75. The summed E-state index contributed by atoms with van der Waals surface area (Å²) in [4.78, 5) is 0. The van der Waals surface area contributed by atoms with E-state index in [4.69, 9.17) is 4.74 Å². The highest BCUT2D eigenvalue weighted by Gasteiger charge is 2.66. The van der Waals surface area contributed by atoms with E-state index in [9.17, 15) is 0 Å². The van der Waals surface area contributed by atoms with Crippen LogP contribution in [-0.4, -0.2) is 11.2 Å². The van der Waals surface area contributed by atoms with Gasteiger partial charge in [-0.2, -0.15) is 0 Å². The molecule has 0 amide bonds. The molecule has 0 unspecified atom stereocenters. The lowest BCUT2D eigenvalue weighted by atomic mass is 9.80. The molecule has 0 aromatic rings. The topological polar surface area (TPSA) is 12.5 Å². The van der Waals surface area contributed by atoms with E-state index in [-0.39, 0.29) is 11.2 Å². The zero-order valence-electron chi connectivity index (χ0n) is 11.1. The summed E-state index contributed by atoms with van der Waals surface area (Å²) < 4.78 is 6.25. The van der Waals surface area contributed by atoms with Gasteiger partial charge >= 0.3 is 0 Å². The summed E-state index contributed by atoms with van der Waals surface area (Å²) in [6, 6.07) is 0. The average molecular weight is 212 g/mol. The predicted octanol–water partition coefficient (Wildman–Crippen LogP) is 4.69. The van der Waals surface area contributed by atoms with E-state index in [2.05, 4.69) is 27.7 Å². The van der Waals surface area contributed by atoms with Crippen molar-refractivity contribution in [1.29, 1.82) is 0 Å². The third-order valence-corrected chi connectivity index (χ3v) is 3.79. The molecule has 1 aliphatic rings. The summed E-state index contributed by atoms with van der Waals surface area (Å²) in [5, 5.41) is 0. The van der Waals surface area contributed by atoms with Crippen LogP contribution in [0.4, 0.5) is 0 Å². The minimum Gasteiger partial charge on any atom is -0.363 e. The zero-order chi connectivity index (χ0) is 11.4. The molecule has 1 fully saturated rings. The first-order valence-electron chi connectivity index (χ1n) is 6.90. The standard InChI is InChI=1S/C14H28O/c1-5-9-13(10-6-2)14(15-13,11-7-3)12-8-4/h5-12H2,1-4H3. The van der Waals surface area contributed by atoms with Gasteiger partial charge in [0.15, 0.2) is 0 Å². The molecule has 0 saturated carbocycles. The van der Waals surface area contributed by atoms with E-state index < -0.39 is 0 Å². The molecule has 15 heavy (non-hydrogen) atoms. The molecular formula is C14H28O. The molecule has 0 aromatic carbocycles. The Hall–Kier alpha value is -0.0400. The van der Waals surface area contributed by atoms with Crippen LogP contribution in [0.1, 0.15) is 79.1 Å². The van der Waals surface area contributed by atoms with Crippen LogP contribution >= 0.6 is 0 Å². The Balaban J connectivity index is 2.66. The molecule has 1 heteroatoms. The Kier molecular flexibility index (Phi) is 4.64. The van der Waals surface area contributed by atoms with E-state index >= 15 is 0 Å². The van der Waals surface area contributed by atoms with Crippen molar-refractivity contribution >= 4 is 0 Å². The number of ether oxygens (including phenoxy) is 1. The lowest BCUT2D eigenvalue weighted by Gasteiger charge is -2.18. The molecule has 0 aliphatic carbocycles. The van der Waals surface area contributed by atoms with Gasteiger partial charge in [0.05, 0.1) is 11.2 Å². The Morgan fingerprint density at radius 2 is 0.867 bits per heavy atom. The Morgan fingerprint density at radius 1 is 0.600 bits per heavy atom. The Bertz CT molecular complexity index is 154. The fourth-order valence-electron chi connectivity index (χ4n) is 3.33. The second-order valence-corrected chi connectivity index (χ2v) is 5.09. The van der Waals surface area contributed by atoms with Crippen LogP contribution in [0.15, 0.2) is 0 Å². The molecule has 0 bridgehead atoms. The van der Waals surface area contributed by atoms with Gasteiger partial charge in [0.25, 0.3) is 0 Å². The summed E-state index contributed by atoms with van der Waals surface area (Å²) in [5.74, 6) is 0. The van der Waals surface area contributed by atoms with Crippen LogP contribution in [0.3, 0.4) is 0 Å². The van der Waals surface area contributed by atoms with Gasteiger partial charge in [-0.1, -0.05) is 53.4 Å². The number of epoxide rings is 1. The molecule has 1 heterocycles.